The number of aldehydes is 1. The molecular weight excluding hydrogens is 328 g/mol. The first-order valence-corrected chi connectivity index (χ1v) is 7.41. The molecule has 0 bridgehead atoms. The minimum absolute atomic E-state index is 0.364. The molecular formula is C17H18N2O6. The van der Waals surface area contributed by atoms with Crippen LogP contribution in [-0.2, 0) is 4.79 Å². The van der Waals surface area contributed by atoms with E-state index in [9.17, 15) is 24.9 Å². The minimum atomic E-state index is -1.72. The number of rotatable bonds is 7. The summed E-state index contributed by atoms with van der Waals surface area (Å²) in [4.78, 5) is 25.4. The molecule has 0 aliphatic rings. The van der Waals surface area contributed by atoms with E-state index in [1.165, 1.54) is 12.1 Å². The monoisotopic (exact) mass is 346 g/mol. The summed E-state index contributed by atoms with van der Waals surface area (Å²) in [7, 11) is 0. The zero-order valence-electron chi connectivity index (χ0n) is 13.1. The van der Waals surface area contributed by atoms with Crippen molar-refractivity contribution < 1.29 is 25.2 Å². The number of aromatic amines is 1. The maximum Gasteiger partial charge on any atom is 0.249 e. The number of H-pyrrole nitrogens is 1. The fourth-order valence-corrected chi connectivity index (χ4v) is 2.41. The molecule has 132 valence electrons. The molecule has 8 nitrogen and oxygen atoms in total. The highest BCUT2D eigenvalue weighted by Crippen LogP contribution is 2.20. The van der Waals surface area contributed by atoms with Crippen molar-refractivity contribution in [2.24, 2.45) is 0 Å². The molecule has 0 amide bonds. The van der Waals surface area contributed by atoms with Crippen LogP contribution in [0.25, 0.3) is 10.9 Å². The number of aliphatic hydroxyl groups excluding tert-OH is 4. The Hall–Kier alpha value is -2.70. The van der Waals surface area contributed by atoms with E-state index < -0.39 is 31.0 Å². The summed E-state index contributed by atoms with van der Waals surface area (Å²) in [6.07, 6.45) is 0.760. The zero-order valence-corrected chi connectivity index (χ0v) is 13.1. The summed E-state index contributed by atoms with van der Waals surface area (Å²) in [6.45, 7) is -0.768. The van der Waals surface area contributed by atoms with Crippen molar-refractivity contribution in [3.8, 4) is 12.3 Å². The molecule has 0 unspecified atom stereocenters. The summed E-state index contributed by atoms with van der Waals surface area (Å²) >= 11 is 0. The quantitative estimate of drug-likeness (QED) is 0.266. The highest BCUT2D eigenvalue weighted by molar-refractivity contribution is 5.87. The van der Waals surface area contributed by atoms with E-state index >= 15 is 0 Å². The van der Waals surface area contributed by atoms with E-state index in [0.29, 0.717) is 28.4 Å². The topological polar surface area (TPSA) is 143 Å². The van der Waals surface area contributed by atoms with Crippen LogP contribution in [-0.4, -0.2) is 62.7 Å². The summed E-state index contributed by atoms with van der Waals surface area (Å²) < 4.78 is 0. The molecule has 2 rings (SSSR count). The van der Waals surface area contributed by atoms with Gasteiger partial charge in [0, 0.05) is 22.7 Å². The highest BCUT2D eigenvalue weighted by Gasteiger charge is 2.31. The van der Waals surface area contributed by atoms with Gasteiger partial charge in [-0.3, -0.25) is 4.79 Å². The fourth-order valence-electron chi connectivity index (χ4n) is 2.41. The van der Waals surface area contributed by atoms with Gasteiger partial charge >= 0.3 is 0 Å². The molecule has 0 saturated heterocycles. The number of benzene rings is 1. The molecule has 0 spiro atoms. The second kappa shape index (κ2) is 7.92. The summed E-state index contributed by atoms with van der Waals surface area (Å²) in [5.74, 6) is 2.41. The van der Waals surface area contributed by atoms with Gasteiger partial charge in [0.05, 0.1) is 12.1 Å². The first-order chi connectivity index (χ1) is 11.9. The Kier molecular flexibility index (Phi) is 5.90. The minimum Gasteiger partial charge on any atom is -0.394 e. The van der Waals surface area contributed by atoms with Crippen LogP contribution in [0.1, 0.15) is 5.56 Å². The van der Waals surface area contributed by atoms with Crippen LogP contribution < -0.4 is 10.9 Å². The van der Waals surface area contributed by atoms with Crippen molar-refractivity contribution in [1.29, 1.82) is 0 Å². The number of aliphatic hydroxyl groups is 4. The molecule has 1 aromatic carbocycles. The number of pyridine rings is 1. The van der Waals surface area contributed by atoms with Gasteiger partial charge in [0.25, 0.3) is 0 Å². The van der Waals surface area contributed by atoms with Crippen molar-refractivity contribution in [2.75, 3.05) is 11.9 Å². The van der Waals surface area contributed by atoms with Gasteiger partial charge in [0.2, 0.25) is 5.56 Å². The molecule has 0 aliphatic carbocycles. The number of carbonyl (C=O) groups is 1. The lowest BCUT2D eigenvalue weighted by molar-refractivity contribution is -0.117. The van der Waals surface area contributed by atoms with E-state index in [0.717, 1.165) is 0 Å². The van der Waals surface area contributed by atoms with Crippen LogP contribution in [0.15, 0.2) is 29.1 Å². The maximum atomic E-state index is 11.6. The van der Waals surface area contributed by atoms with E-state index in [-0.39, 0.29) is 5.56 Å². The van der Waals surface area contributed by atoms with Crippen LogP contribution in [0, 0.1) is 12.3 Å². The molecule has 8 heteroatoms. The van der Waals surface area contributed by atoms with E-state index in [2.05, 4.69) is 16.2 Å². The predicted molar refractivity (Wildman–Crippen MR) is 91.1 cm³/mol. The van der Waals surface area contributed by atoms with Crippen LogP contribution in [0.3, 0.4) is 0 Å². The van der Waals surface area contributed by atoms with Gasteiger partial charge in [-0.1, -0.05) is 5.92 Å². The number of carbonyl (C=O) groups excluding carboxylic acids is 1. The molecule has 2 aromatic rings. The first kappa shape index (κ1) is 18.6. The van der Waals surface area contributed by atoms with Gasteiger partial charge in [-0.05, 0) is 18.2 Å². The second-order valence-corrected chi connectivity index (χ2v) is 5.49. The van der Waals surface area contributed by atoms with Crippen molar-refractivity contribution in [3.05, 3.63) is 40.2 Å². The van der Waals surface area contributed by atoms with Gasteiger partial charge < -0.3 is 35.5 Å². The van der Waals surface area contributed by atoms with Crippen LogP contribution in [0.2, 0.25) is 0 Å². The van der Waals surface area contributed by atoms with Gasteiger partial charge in [-0.2, -0.15) is 0 Å². The molecule has 1 aromatic heterocycles. The van der Waals surface area contributed by atoms with Crippen LogP contribution in [0.5, 0.6) is 0 Å². The smallest absolute Gasteiger partial charge is 0.249 e. The number of terminal acetylenes is 1. The fraction of sp³-hybridized carbons (Fsp3) is 0.294. The highest BCUT2D eigenvalue weighted by atomic mass is 16.4. The van der Waals surface area contributed by atoms with Crippen molar-refractivity contribution in [1.82, 2.24) is 4.98 Å². The van der Waals surface area contributed by atoms with Crippen molar-refractivity contribution in [3.63, 3.8) is 0 Å². The number of aromatic nitrogens is 1. The lowest BCUT2D eigenvalue weighted by atomic mass is 10.0. The molecule has 6 N–H and O–H groups in total. The summed E-state index contributed by atoms with van der Waals surface area (Å²) in [5.41, 5.74) is 0.838. The average molecular weight is 346 g/mol. The molecule has 0 fully saturated rings. The number of anilines is 1. The second-order valence-electron chi connectivity index (χ2n) is 5.49. The normalized spacial score (nSPS) is 15.8. The third kappa shape index (κ3) is 4.04. The Bertz CT molecular complexity index is 856. The van der Waals surface area contributed by atoms with E-state index in [1.54, 1.807) is 12.1 Å². The molecule has 4 atom stereocenters. The largest absolute Gasteiger partial charge is 0.394 e. The third-order valence-electron chi connectivity index (χ3n) is 3.78. The SMILES string of the molecule is C#Cc1cc(=O)[nH]c2cc(N[C@H](C=O)[C@H](O)[C@@H](O)[C@@H](O)CO)ccc12. The van der Waals surface area contributed by atoms with E-state index in [1.807, 2.05) is 0 Å². The van der Waals surface area contributed by atoms with Crippen LogP contribution in [0.4, 0.5) is 5.69 Å². The Morgan fingerprint density at radius 1 is 1.24 bits per heavy atom. The average Bonchev–Trinajstić information content (AvgIpc) is 2.62. The molecule has 0 radical (unpaired) electrons. The standard InChI is InChI=1S/C17H18N2O6/c1-2-9-5-15(23)19-12-6-10(3-4-11(9)12)18-13(7-20)16(24)17(25)14(22)8-21/h1,3-7,13-14,16-18,21-22,24-25H,8H2,(H,19,23)/t13-,14+,16+,17+/m1/s1. The van der Waals surface area contributed by atoms with Gasteiger partial charge in [-0.25, -0.2) is 0 Å². The van der Waals surface area contributed by atoms with Gasteiger partial charge in [-0.15, -0.1) is 6.42 Å². The zero-order chi connectivity index (χ0) is 18.6. The summed E-state index contributed by atoms with van der Waals surface area (Å²) in [6, 6.07) is 4.78. The number of hydrogen-bond acceptors (Lipinski definition) is 7. The molecule has 0 aliphatic heterocycles. The van der Waals surface area contributed by atoms with Gasteiger partial charge in [0.15, 0.2) is 0 Å². The molecule has 1 heterocycles. The third-order valence-corrected chi connectivity index (χ3v) is 3.78. The number of hydrogen-bond donors (Lipinski definition) is 6. The molecule has 0 saturated carbocycles. The first-order valence-electron chi connectivity index (χ1n) is 7.41. The summed E-state index contributed by atoms with van der Waals surface area (Å²) in [5, 5.41) is 41.2. The molecule has 25 heavy (non-hydrogen) atoms. The van der Waals surface area contributed by atoms with Crippen molar-refractivity contribution >= 4 is 22.9 Å². The maximum absolute atomic E-state index is 11.6. The lowest BCUT2D eigenvalue weighted by Crippen LogP contribution is -2.49. The van der Waals surface area contributed by atoms with Crippen LogP contribution >= 0.6 is 0 Å². The number of nitrogens with one attached hydrogen (secondary N) is 2. The van der Waals surface area contributed by atoms with E-state index in [4.69, 9.17) is 11.5 Å². The Labute approximate surface area is 142 Å². The lowest BCUT2D eigenvalue weighted by Gasteiger charge is -2.26. The Balaban J connectivity index is 2.31. The van der Waals surface area contributed by atoms with Gasteiger partial charge in [0.1, 0.15) is 30.6 Å². The van der Waals surface area contributed by atoms with Crippen molar-refractivity contribution in [2.45, 2.75) is 24.4 Å². The Morgan fingerprint density at radius 3 is 2.56 bits per heavy atom. The number of fused-ring (bicyclic) bond motifs is 1. The Morgan fingerprint density at radius 2 is 1.96 bits per heavy atom. The predicted octanol–water partition coefficient (Wildman–Crippen LogP) is -1.44.